The fourth-order valence-electron chi connectivity index (χ4n) is 2.79. The van der Waals surface area contributed by atoms with Gasteiger partial charge in [0.15, 0.2) is 0 Å². The Bertz CT molecular complexity index is 546. The molecule has 0 aromatic heterocycles. The van der Waals surface area contributed by atoms with Gasteiger partial charge in [0.25, 0.3) is 0 Å². The largest absolute Gasteiger partial charge is 0.437 e. The van der Waals surface area contributed by atoms with E-state index in [1.165, 1.54) is 0 Å². The highest BCUT2D eigenvalue weighted by Gasteiger charge is 2.87. The molecule has 0 aromatic rings. The van der Waals surface area contributed by atoms with Crippen LogP contribution in [0, 0.1) is 0 Å². The van der Waals surface area contributed by atoms with Crippen molar-refractivity contribution >= 4 is 0 Å². The Balaban J connectivity index is 3.64. The van der Waals surface area contributed by atoms with Crippen LogP contribution in [0.1, 0.15) is 26.2 Å². The molecule has 1 rings (SSSR count). The topological polar surface area (TPSA) is 18.5 Å². The molecule has 0 amide bonds. The molecule has 16 heteroatoms. The van der Waals surface area contributed by atoms with E-state index < -0.39 is 73.8 Å². The molecule has 2 nitrogen and oxygen atoms in total. The van der Waals surface area contributed by atoms with Gasteiger partial charge in [-0.1, -0.05) is 6.92 Å². The Kier molecular flexibility index (Phi) is 6.51. The SMILES string of the molecule is CCCOC1(C(F)(C(F)(F)F)C(F)(F)F)CCC(C(F)(C(F)(F)F)C(F)(F)F)O1. The summed E-state index contributed by atoms with van der Waals surface area (Å²) in [5.41, 5.74) is -12.9. The Morgan fingerprint density at radius 2 is 1.17 bits per heavy atom. The minimum absolute atomic E-state index is 0.430. The lowest BCUT2D eigenvalue weighted by Gasteiger charge is -2.44. The van der Waals surface area contributed by atoms with Crippen LogP contribution < -0.4 is 0 Å². The average Bonchev–Trinajstić information content (AvgIpc) is 2.92. The van der Waals surface area contributed by atoms with Gasteiger partial charge in [0.2, 0.25) is 5.79 Å². The molecule has 1 fully saturated rings. The predicted molar refractivity (Wildman–Crippen MR) is 65.0 cm³/mol. The molecule has 1 saturated heterocycles. The molecular formula is C13H12F14O2. The number of ether oxygens (including phenoxy) is 2. The number of hydrogen-bond donors (Lipinski definition) is 0. The molecule has 0 saturated carbocycles. The fourth-order valence-corrected chi connectivity index (χ4v) is 2.79. The van der Waals surface area contributed by atoms with Gasteiger partial charge >= 0.3 is 36.0 Å². The third-order valence-electron chi connectivity index (χ3n) is 4.18. The molecule has 174 valence electrons. The summed E-state index contributed by atoms with van der Waals surface area (Å²) in [5, 5.41) is 0. The van der Waals surface area contributed by atoms with E-state index in [1.54, 1.807) is 0 Å². The lowest BCUT2D eigenvalue weighted by molar-refractivity contribution is -0.448. The Morgan fingerprint density at radius 3 is 1.48 bits per heavy atom. The molecule has 1 aliphatic heterocycles. The Morgan fingerprint density at radius 1 is 0.759 bits per heavy atom. The number of rotatable bonds is 5. The highest BCUT2D eigenvalue weighted by atomic mass is 19.4. The molecule has 0 spiro atoms. The normalized spacial score (nSPS) is 25.6. The number of alkyl halides is 14. The van der Waals surface area contributed by atoms with Gasteiger partial charge < -0.3 is 9.47 Å². The Labute approximate surface area is 153 Å². The summed E-state index contributed by atoms with van der Waals surface area (Å²) < 4.78 is 191. The zero-order chi connectivity index (χ0) is 23.3. The minimum atomic E-state index is -6.94. The van der Waals surface area contributed by atoms with Gasteiger partial charge in [-0.05, 0) is 12.8 Å². The monoisotopic (exact) mass is 466 g/mol. The first-order valence-corrected chi connectivity index (χ1v) is 7.59. The zero-order valence-corrected chi connectivity index (χ0v) is 14.0. The van der Waals surface area contributed by atoms with Gasteiger partial charge in [-0.25, -0.2) is 8.78 Å². The second-order valence-corrected chi connectivity index (χ2v) is 6.11. The maximum atomic E-state index is 14.5. The highest BCUT2D eigenvalue weighted by molar-refractivity contribution is 5.13. The van der Waals surface area contributed by atoms with E-state index in [-0.39, 0.29) is 0 Å². The summed E-state index contributed by atoms with van der Waals surface area (Å²) in [6.07, 6.45) is -36.1. The number of halogens is 14. The summed E-state index contributed by atoms with van der Waals surface area (Å²) in [6, 6.07) is 0. The lowest BCUT2D eigenvalue weighted by atomic mass is 9.89. The second kappa shape index (κ2) is 7.27. The molecule has 29 heavy (non-hydrogen) atoms. The first-order valence-electron chi connectivity index (χ1n) is 7.59. The predicted octanol–water partition coefficient (Wildman–Crippen LogP) is 5.95. The quantitative estimate of drug-likeness (QED) is 0.466. The Hall–Kier alpha value is -1.06. The zero-order valence-electron chi connectivity index (χ0n) is 14.0. The van der Waals surface area contributed by atoms with E-state index >= 15 is 0 Å². The molecule has 1 heterocycles. The van der Waals surface area contributed by atoms with Crippen molar-refractivity contribution < 1.29 is 70.9 Å². The van der Waals surface area contributed by atoms with Crippen molar-refractivity contribution in [2.45, 2.75) is 74.1 Å². The van der Waals surface area contributed by atoms with Crippen molar-refractivity contribution in [1.82, 2.24) is 0 Å². The van der Waals surface area contributed by atoms with E-state index in [0.717, 1.165) is 6.92 Å². The fraction of sp³-hybridized carbons (Fsp3) is 1.00. The molecule has 0 aliphatic carbocycles. The molecule has 0 aromatic carbocycles. The molecular weight excluding hydrogens is 454 g/mol. The average molecular weight is 466 g/mol. The van der Waals surface area contributed by atoms with Crippen molar-refractivity contribution in [3.63, 3.8) is 0 Å². The van der Waals surface area contributed by atoms with Crippen LogP contribution in [0.25, 0.3) is 0 Å². The minimum Gasteiger partial charge on any atom is -0.346 e. The van der Waals surface area contributed by atoms with Crippen molar-refractivity contribution in [3.8, 4) is 0 Å². The van der Waals surface area contributed by atoms with Crippen LogP contribution in [0.2, 0.25) is 0 Å². The highest BCUT2D eigenvalue weighted by Crippen LogP contribution is 2.61. The van der Waals surface area contributed by atoms with Gasteiger partial charge in [0, 0.05) is 13.0 Å². The van der Waals surface area contributed by atoms with Crippen LogP contribution in [0.15, 0.2) is 0 Å². The van der Waals surface area contributed by atoms with Crippen molar-refractivity contribution in [2.75, 3.05) is 6.61 Å². The third kappa shape index (κ3) is 3.85. The molecule has 0 radical (unpaired) electrons. The maximum Gasteiger partial charge on any atom is 0.437 e. The van der Waals surface area contributed by atoms with Gasteiger partial charge in [-0.3, -0.25) is 0 Å². The van der Waals surface area contributed by atoms with Crippen LogP contribution in [-0.2, 0) is 9.47 Å². The van der Waals surface area contributed by atoms with Crippen LogP contribution in [-0.4, -0.2) is 54.5 Å². The van der Waals surface area contributed by atoms with E-state index in [2.05, 4.69) is 9.47 Å². The van der Waals surface area contributed by atoms with Crippen molar-refractivity contribution in [2.24, 2.45) is 0 Å². The van der Waals surface area contributed by atoms with Crippen molar-refractivity contribution in [3.05, 3.63) is 0 Å². The molecule has 2 atom stereocenters. The summed E-state index contributed by atoms with van der Waals surface area (Å²) in [7, 11) is 0. The third-order valence-corrected chi connectivity index (χ3v) is 4.18. The molecule has 0 bridgehead atoms. The second-order valence-electron chi connectivity index (χ2n) is 6.11. The summed E-state index contributed by atoms with van der Waals surface area (Å²) in [5.74, 6) is -4.72. The van der Waals surface area contributed by atoms with E-state index in [0.29, 0.717) is 0 Å². The first-order chi connectivity index (χ1) is 12.6. The smallest absolute Gasteiger partial charge is 0.346 e. The van der Waals surface area contributed by atoms with Crippen LogP contribution in [0.4, 0.5) is 61.5 Å². The van der Waals surface area contributed by atoms with Crippen LogP contribution in [0.5, 0.6) is 0 Å². The van der Waals surface area contributed by atoms with Gasteiger partial charge in [-0.2, -0.15) is 52.7 Å². The van der Waals surface area contributed by atoms with Crippen molar-refractivity contribution in [1.29, 1.82) is 0 Å². The summed E-state index contributed by atoms with van der Waals surface area (Å²) in [4.78, 5) is 0. The summed E-state index contributed by atoms with van der Waals surface area (Å²) in [6.45, 7) is -0.103. The van der Waals surface area contributed by atoms with Gasteiger partial charge in [0.1, 0.15) is 6.10 Å². The lowest BCUT2D eigenvalue weighted by Crippen LogP contribution is -2.70. The maximum absolute atomic E-state index is 14.5. The molecule has 0 N–H and O–H groups in total. The molecule has 1 aliphatic rings. The van der Waals surface area contributed by atoms with E-state index in [1.807, 2.05) is 0 Å². The van der Waals surface area contributed by atoms with Gasteiger partial charge in [0.05, 0.1) is 0 Å². The van der Waals surface area contributed by atoms with E-state index in [4.69, 9.17) is 0 Å². The standard InChI is InChI=1S/C13H12F14O2/c1-2-5-28-7(9(15,12(22,23)24)13(25,26)27)4-3-6(29-7)8(14,10(16,17)18)11(19,20)21/h6H,2-5H2,1H3. The van der Waals surface area contributed by atoms with Crippen LogP contribution in [0.3, 0.4) is 0 Å². The summed E-state index contributed by atoms with van der Waals surface area (Å²) >= 11 is 0. The van der Waals surface area contributed by atoms with Gasteiger partial charge in [-0.15, -0.1) is 0 Å². The number of hydrogen-bond acceptors (Lipinski definition) is 2. The molecule has 2 unspecified atom stereocenters. The van der Waals surface area contributed by atoms with Crippen LogP contribution >= 0.6 is 0 Å². The van der Waals surface area contributed by atoms with E-state index in [9.17, 15) is 61.5 Å². The first kappa shape index (κ1) is 26.0.